The Kier molecular flexibility index (Phi) is 8.54. The molecule has 2 aromatic heterocycles. The number of carbonyl (C=O) groups excluding carboxylic acids is 2. The molecule has 41 heavy (non-hydrogen) atoms. The van der Waals surface area contributed by atoms with Crippen LogP contribution >= 0.6 is 0 Å². The smallest absolute Gasteiger partial charge is 0.322 e. The van der Waals surface area contributed by atoms with Gasteiger partial charge in [0.2, 0.25) is 11.9 Å². The van der Waals surface area contributed by atoms with Crippen molar-refractivity contribution in [3.63, 3.8) is 0 Å². The quantitative estimate of drug-likeness (QED) is 0.212. The molecule has 5 rings (SSSR count). The molecule has 0 radical (unpaired) electrons. The molecule has 1 fully saturated rings. The second kappa shape index (κ2) is 12.6. The van der Waals surface area contributed by atoms with E-state index in [1.54, 1.807) is 28.8 Å². The molecular weight excluding hydrogens is 520 g/mol. The van der Waals surface area contributed by atoms with Crippen LogP contribution in [-0.2, 0) is 11.3 Å². The summed E-state index contributed by atoms with van der Waals surface area (Å²) in [7, 11) is 0. The molecule has 1 atom stereocenters. The van der Waals surface area contributed by atoms with Gasteiger partial charge in [-0.15, -0.1) is 0 Å². The van der Waals surface area contributed by atoms with E-state index in [0.29, 0.717) is 41.1 Å². The van der Waals surface area contributed by atoms with Crippen molar-refractivity contribution in [2.45, 2.75) is 45.3 Å². The summed E-state index contributed by atoms with van der Waals surface area (Å²) < 4.78 is 7.86. The molecule has 0 aliphatic carbocycles. The standard InChI is InChI=1S/C30H34N8O3/c1-4-26(39)34-23-11-6-9-21(15-23)28(40)35-22-10-5-8-20(14-22)16-32-29-37-30(41-24-12-7-13-31-17-24)36-27-25(19(2)3)18-33-38(27)29/h4-6,8-11,14-15,18-19,24,31H,1,7,12-13,16-17H2,2-3H3,(H,34,39)(H,35,40)(H,32,36,37)/t24-/m1/s1. The number of nitrogens with one attached hydrogen (secondary N) is 4. The third-order valence-electron chi connectivity index (χ3n) is 6.73. The normalized spacial score (nSPS) is 15.0. The van der Waals surface area contributed by atoms with Crippen LogP contribution in [0.2, 0.25) is 0 Å². The Morgan fingerprint density at radius 1 is 1.15 bits per heavy atom. The van der Waals surface area contributed by atoms with Crippen LogP contribution in [-0.4, -0.2) is 50.6 Å². The highest BCUT2D eigenvalue weighted by Crippen LogP contribution is 2.24. The van der Waals surface area contributed by atoms with Gasteiger partial charge in [-0.1, -0.05) is 38.6 Å². The summed E-state index contributed by atoms with van der Waals surface area (Å²) in [6.07, 6.45) is 5.01. The summed E-state index contributed by atoms with van der Waals surface area (Å²) in [5.41, 5.74) is 4.22. The van der Waals surface area contributed by atoms with Crippen LogP contribution in [0.4, 0.5) is 17.3 Å². The minimum atomic E-state index is -0.344. The van der Waals surface area contributed by atoms with Crippen LogP contribution in [0.1, 0.15) is 54.1 Å². The first-order valence-electron chi connectivity index (χ1n) is 13.7. The van der Waals surface area contributed by atoms with E-state index in [0.717, 1.165) is 37.1 Å². The van der Waals surface area contributed by atoms with E-state index in [2.05, 4.69) is 51.8 Å². The van der Waals surface area contributed by atoms with E-state index in [-0.39, 0.29) is 23.8 Å². The van der Waals surface area contributed by atoms with Gasteiger partial charge in [0.1, 0.15) is 6.10 Å². The third-order valence-corrected chi connectivity index (χ3v) is 6.73. The maximum atomic E-state index is 12.9. The molecule has 0 saturated carbocycles. The average molecular weight is 555 g/mol. The Hall–Kier alpha value is -4.77. The molecule has 1 saturated heterocycles. The first-order valence-corrected chi connectivity index (χ1v) is 13.7. The zero-order valence-corrected chi connectivity index (χ0v) is 23.2. The summed E-state index contributed by atoms with van der Waals surface area (Å²) in [5, 5.41) is 16.8. The number of piperidine rings is 1. The lowest BCUT2D eigenvalue weighted by Crippen LogP contribution is -2.37. The number of carbonyl (C=O) groups is 2. The maximum absolute atomic E-state index is 12.9. The summed E-state index contributed by atoms with van der Waals surface area (Å²) in [4.78, 5) is 33.9. The van der Waals surface area contributed by atoms with Gasteiger partial charge in [-0.2, -0.15) is 19.6 Å². The number of hydrogen-bond acceptors (Lipinski definition) is 8. The number of benzene rings is 2. The first kappa shape index (κ1) is 27.8. The Bertz CT molecular complexity index is 1560. The number of rotatable bonds is 10. The molecular formula is C30H34N8O3. The number of anilines is 3. The molecule has 212 valence electrons. The molecule has 4 N–H and O–H groups in total. The molecule has 0 bridgehead atoms. The molecule has 11 nitrogen and oxygen atoms in total. The SMILES string of the molecule is C=CC(=O)Nc1cccc(C(=O)Nc2cccc(CNc3nc(O[C@@H]4CCCNC4)nc4c(C(C)C)cnn34)c2)c1. The third kappa shape index (κ3) is 6.87. The van der Waals surface area contributed by atoms with E-state index >= 15 is 0 Å². The van der Waals surface area contributed by atoms with E-state index in [1.807, 2.05) is 30.5 Å². The van der Waals surface area contributed by atoms with Gasteiger partial charge in [0.15, 0.2) is 5.65 Å². The van der Waals surface area contributed by atoms with Crippen LogP contribution in [0.5, 0.6) is 6.01 Å². The Morgan fingerprint density at radius 3 is 2.71 bits per heavy atom. The largest absolute Gasteiger partial charge is 0.459 e. The van der Waals surface area contributed by atoms with Crippen molar-refractivity contribution in [1.82, 2.24) is 24.9 Å². The fourth-order valence-electron chi connectivity index (χ4n) is 4.59. The van der Waals surface area contributed by atoms with E-state index in [9.17, 15) is 9.59 Å². The summed E-state index contributed by atoms with van der Waals surface area (Å²) in [6.45, 7) is 9.84. The van der Waals surface area contributed by atoms with Gasteiger partial charge in [-0.05, 0) is 67.3 Å². The van der Waals surface area contributed by atoms with Gasteiger partial charge in [0.25, 0.3) is 5.91 Å². The number of aromatic nitrogens is 4. The van der Waals surface area contributed by atoms with Crippen LogP contribution in [0.15, 0.2) is 67.4 Å². The minimum Gasteiger partial charge on any atom is -0.459 e. The van der Waals surface area contributed by atoms with Crippen molar-refractivity contribution in [2.75, 3.05) is 29.0 Å². The highest BCUT2D eigenvalue weighted by atomic mass is 16.5. The summed E-state index contributed by atoms with van der Waals surface area (Å²) in [6, 6.07) is 14.6. The van der Waals surface area contributed by atoms with Crippen molar-refractivity contribution in [3.05, 3.63) is 84.1 Å². The van der Waals surface area contributed by atoms with Crippen LogP contribution < -0.4 is 26.0 Å². The first-order chi connectivity index (χ1) is 19.9. The van der Waals surface area contributed by atoms with Crippen molar-refractivity contribution in [3.8, 4) is 6.01 Å². The van der Waals surface area contributed by atoms with Crippen molar-refractivity contribution >= 4 is 34.8 Å². The molecule has 3 heterocycles. The van der Waals surface area contributed by atoms with Crippen LogP contribution in [0.3, 0.4) is 0 Å². The van der Waals surface area contributed by atoms with Crippen LogP contribution in [0.25, 0.3) is 5.65 Å². The molecule has 4 aromatic rings. The lowest BCUT2D eigenvalue weighted by Gasteiger charge is -2.23. The van der Waals surface area contributed by atoms with E-state index in [1.165, 1.54) is 6.08 Å². The minimum absolute atomic E-state index is 0.0173. The second-order valence-electron chi connectivity index (χ2n) is 10.2. The monoisotopic (exact) mass is 554 g/mol. The summed E-state index contributed by atoms with van der Waals surface area (Å²) >= 11 is 0. The predicted molar refractivity (Wildman–Crippen MR) is 158 cm³/mol. The topological polar surface area (TPSA) is 135 Å². The molecule has 1 aliphatic heterocycles. The Balaban J connectivity index is 1.31. The number of nitrogens with zero attached hydrogens (tertiary/aromatic N) is 4. The molecule has 1 aliphatic rings. The summed E-state index contributed by atoms with van der Waals surface area (Å²) in [5.74, 6) is 0.121. The Morgan fingerprint density at radius 2 is 1.95 bits per heavy atom. The molecule has 0 unspecified atom stereocenters. The molecule has 2 amide bonds. The van der Waals surface area contributed by atoms with Crippen molar-refractivity contribution in [2.24, 2.45) is 0 Å². The fourth-order valence-corrected chi connectivity index (χ4v) is 4.59. The Labute approximate surface area is 238 Å². The molecule has 11 heteroatoms. The molecule has 2 aromatic carbocycles. The van der Waals surface area contributed by atoms with Gasteiger partial charge in [0.05, 0.1) is 6.20 Å². The van der Waals surface area contributed by atoms with Crippen LogP contribution in [0, 0.1) is 0 Å². The predicted octanol–water partition coefficient (Wildman–Crippen LogP) is 4.37. The maximum Gasteiger partial charge on any atom is 0.322 e. The van der Waals surface area contributed by atoms with Crippen molar-refractivity contribution in [1.29, 1.82) is 0 Å². The van der Waals surface area contributed by atoms with Gasteiger partial charge < -0.3 is 26.0 Å². The zero-order valence-electron chi connectivity index (χ0n) is 23.2. The number of amides is 2. The van der Waals surface area contributed by atoms with Gasteiger partial charge in [0, 0.05) is 35.6 Å². The van der Waals surface area contributed by atoms with Gasteiger partial charge in [-0.3, -0.25) is 9.59 Å². The molecule has 0 spiro atoms. The highest BCUT2D eigenvalue weighted by molar-refractivity contribution is 6.06. The lowest BCUT2D eigenvalue weighted by molar-refractivity contribution is -0.111. The lowest BCUT2D eigenvalue weighted by atomic mass is 10.1. The zero-order chi connectivity index (χ0) is 28.8. The average Bonchev–Trinajstić information content (AvgIpc) is 3.41. The fraction of sp³-hybridized carbons (Fsp3) is 0.300. The number of fused-ring (bicyclic) bond motifs is 1. The van der Waals surface area contributed by atoms with Crippen molar-refractivity contribution < 1.29 is 14.3 Å². The highest BCUT2D eigenvalue weighted by Gasteiger charge is 2.20. The van der Waals surface area contributed by atoms with Gasteiger partial charge >= 0.3 is 6.01 Å². The number of ether oxygens (including phenoxy) is 1. The van der Waals surface area contributed by atoms with Gasteiger partial charge in [-0.25, -0.2) is 0 Å². The number of hydrogen-bond donors (Lipinski definition) is 4. The second-order valence-corrected chi connectivity index (χ2v) is 10.2. The van der Waals surface area contributed by atoms with E-state index in [4.69, 9.17) is 9.72 Å². The van der Waals surface area contributed by atoms with E-state index < -0.39 is 0 Å².